The number of H-pyrrole nitrogens is 1. The number of hydrogen-bond donors (Lipinski definition) is 1. The number of ether oxygens (including phenoxy) is 1. The average Bonchev–Trinajstić information content (AvgIpc) is 3.09. The molecule has 0 aromatic carbocycles. The summed E-state index contributed by atoms with van der Waals surface area (Å²) in [6.45, 7) is 9.91. The van der Waals surface area contributed by atoms with Crippen LogP contribution in [0.1, 0.15) is 50.0 Å². The van der Waals surface area contributed by atoms with E-state index in [-0.39, 0.29) is 11.9 Å². The van der Waals surface area contributed by atoms with Crippen LogP contribution in [0.2, 0.25) is 0 Å². The molecule has 1 saturated heterocycles. The number of nitrogens with zero attached hydrogens (tertiary/aromatic N) is 2. The minimum Gasteiger partial charge on any atom is -0.377 e. The summed E-state index contributed by atoms with van der Waals surface area (Å²) in [7, 11) is 0. The van der Waals surface area contributed by atoms with Crippen molar-refractivity contribution in [2.24, 2.45) is 0 Å². The second kappa shape index (κ2) is 6.45. The quantitative estimate of drug-likeness (QED) is 0.938. The Hall–Kier alpha value is -1.66. The zero-order chi connectivity index (χ0) is 16.6. The third-order valence-corrected chi connectivity index (χ3v) is 5.60. The zero-order valence-electron chi connectivity index (χ0n) is 14.1. The zero-order valence-corrected chi connectivity index (χ0v) is 14.9. The standard InChI is InChI=1S/C17H23N3O2S/c1-5-13-8-15(23-12(13)4)17(21)20-6-7-22-9-14(20)16-10(2)18-19-11(16)3/h8,14H,5-7,9H2,1-4H3,(H,18,19). The minimum absolute atomic E-state index is 0.0671. The molecule has 1 aliphatic heterocycles. The first-order chi connectivity index (χ1) is 11.0. The normalized spacial score (nSPS) is 18.4. The number of carbonyl (C=O) groups excluding carboxylic acids is 1. The molecule has 124 valence electrons. The molecule has 1 amide bonds. The molecule has 3 rings (SSSR count). The molecule has 0 bridgehead atoms. The molecule has 6 heteroatoms. The number of morpholine rings is 1. The van der Waals surface area contributed by atoms with Gasteiger partial charge in [0.1, 0.15) is 0 Å². The lowest BCUT2D eigenvalue weighted by Crippen LogP contribution is -2.43. The lowest BCUT2D eigenvalue weighted by Gasteiger charge is -2.35. The average molecular weight is 333 g/mol. The number of hydrogen-bond acceptors (Lipinski definition) is 4. The van der Waals surface area contributed by atoms with E-state index < -0.39 is 0 Å². The van der Waals surface area contributed by atoms with Gasteiger partial charge in [0.2, 0.25) is 0 Å². The molecule has 1 aliphatic rings. The molecular formula is C17H23N3O2S. The van der Waals surface area contributed by atoms with Gasteiger partial charge >= 0.3 is 0 Å². The second-order valence-electron chi connectivity index (χ2n) is 5.98. The summed E-state index contributed by atoms with van der Waals surface area (Å²) in [5, 5.41) is 7.29. The Morgan fingerprint density at radius 3 is 2.87 bits per heavy atom. The first-order valence-electron chi connectivity index (χ1n) is 8.02. The highest BCUT2D eigenvalue weighted by Gasteiger charge is 2.33. The van der Waals surface area contributed by atoms with Crippen molar-refractivity contribution in [3.8, 4) is 0 Å². The molecule has 0 saturated carbocycles. The fraction of sp³-hybridized carbons (Fsp3) is 0.529. The predicted octanol–water partition coefficient (Wildman–Crippen LogP) is 3.17. The maximum atomic E-state index is 13.1. The van der Waals surface area contributed by atoms with Gasteiger partial charge in [0.15, 0.2) is 0 Å². The number of aryl methyl sites for hydroxylation is 4. The monoisotopic (exact) mass is 333 g/mol. The topological polar surface area (TPSA) is 58.2 Å². The van der Waals surface area contributed by atoms with E-state index in [1.807, 2.05) is 24.8 Å². The van der Waals surface area contributed by atoms with Crippen LogP contribution in [0.25, 0.3) is 0 Å². The van der Waals surface area contributed by atoms with Gasteiger partial charge in [-0.3, -0.25) is 9.89 Å². The van der Waals surface area contributed by atoms with Crippen molar-refractivity contribution in [1.82, 2.24) is 15.1 Å². The van der Waals surface area contributed by atoms with Crippen LogP contribution in [0.5, 0.6) is 0 Å². The Labute approximate surface area is 140 Å². The molecule has 2 aromatic rings. The van der Waals surface area contributed by atoms with Crippen molar-refractivity contribution < 1.29 is 9.53 Å². The Morgan fingerprint density at radius 1 is 1.48 bits per heavy atom. The Bertz CT molecular complexity index is 700. The maximum Gasteiger partial charge on any atom is 0.264 e. The van der Waals surface area contributed by atoms with Gasteiger partial charge in [0, 0.05) is 22.7 Å². The summed E-state index contributed by atoms with van der Waals surface area (Å²) in [4.78, 5) is 17.1. The number of aromatic nitrogens is 2. The van der Waals surface area contributed by atoms with Crippen LogP contribution in [0, 0.1) is 20.8 Å². The van der Waals surface area contributed by atoms with Gasteiger partial charge in [-0.2, -0.15) is 5.10 Å². The Balaban J connectivity index is 1.93. The molecule has 1 atom stereocenters. The van der Waals surface area contributed by atoms with Crippen LogP contribution in [-0.4, -0.2) is 40.8 Å². The van der Waals surface area contributed by atoms with E-state index in [1.165, 1.54) is 10.4 Å². The number of thiophene rings is 1. The van der Waals surface area contributed by atoms with Crippen molar-refractivity contribution in [2.45, 2.75) is 40.2 Å². The van der Waals surface area contributed by atoms with E-state index in [0.29, 0.717) is 19.8 Å². The van der Waals surface area contributed by atoms with Crippen LogP contribution < -0.4 is 0 Å². The smallest absolute Gasteiger partial charge is 0.264 e. The lowest BCUT2D eigenvalue weighted by molar-refractivity contribution is -0.00275. The molecule has 5 nitrogen and oxygen atoms in total. The molecule has 1 N–H and O–H groups in total. The van der Waals surface area contributed by atoms with Crippen molar-refractivity contribution in [2.75, 3.05) is 19.8 Å². The summed E-state index contributed by atoms with van der Waals surface area (Å²) >= 11 is 1.59. The summed E-state index contributed by atoms with van der Waals surface area (Å²) in [5.74, 6) is 0.103. The highest BCUT2D eigenvalue weighted by Crippen LogP contribution is 2.31. The van der Waals surface area contributed by atoms with Crippen molar-refractivity contribution in [3.05, 3.63) is 38.3 Å². The summed E-state index contributed by atoms with van der Waals surface area (Å²) < 4.78 is 5.65. The molecule has 0 spiro atoms. The molecule has 1 fully saturated rings. The van der Waals surface area contributed by atoms with Gasteiger partial charge in [-0.1, -0.05) is 6.92 Å². The molecule has 0 aliphatic carbocycles. The van der Waals surface area contributed by atoms with Crippen LogP contribution in [0.4, 0.5) is 0 Å². The lowest BCUT2D eigenvalue weighted by atomic mass is 10.0. The van der Waals surface area contributed by atoms with Gasteiger partial charge in [-0.25, -0.2) is 0 Å². The van der Waals surface area contributed by atoms with Crippen LogP contribution in [0.15, 0.2) is 6.07 Å². The van der Waals surface area contributed by atoms with E-state index >= 15 is 0 Å². The highest BCUT2D eigenvalue weighted by molar-refractivity contribution is 7.14. The van der Waals surface area contributed by atoms with Crippen LogP contribution in [-0.2, 0) is 11.2 Å². The SMILES string of the molecule is CCc1cc(C(=O)N2CCOCC2c2c(C)n[nH]c2C)sc1C. The van der Waals surface area contributed by atoms with Gasteiger partial charge in [0.05, 0.1) is 29.8 Å². The number of aromatic amines is 1. The molecular weight excluding hydrogens is 310 g/mol. The Morgan fingerprint density at radius 2 is 2.26 bits per heavy atom. The number of amides is 1. The first-order valence-corrected chi connectivity index (χ1v) is 8.84. The fourth-order valence-corrected chi connectivity index (χ4v) is 4.32. The Kier molecular flexibility index (Phi) is 4.55. The molecule has 3 heterocycles. The highest BCUT2D eigenvalue weighted by atomic mass is 32.1. The van der Waals surface area contributed by atoms with E-state index in [4.69, 9.17) is 4.74 Å². The van der Waals surface area contributed by atoms with Crippen molar-refractivity contribution in [1.29, 1.82) is 0 Å². The second-order valence-corrected chi connectivity index (χ2v) is 7.24. The van der Waals surface area contributed by atoms with Crippen LogP contribution >= 0.6 is 11.3 Å². The fourth-order valence-electron chi connectivity index (χ4n) is 3.25. The van der Waals surface area contributed by atoms with E-state index in [2.05, 4.69) is 24.0 Å². The predicted molar refractivity (Wildman–Crippen MR) is 91.1 cm³/mol. The molecule has 2 aromatic heterocycles. The van der Waals surface area contributed by atoms with E-state index in [9.17, 15) is 4.79 Å². The summed E-state index contributed by atoms with van der Waals surface area (Å²) in [6.07, 6.45) is 0.960. The van der Waals surface area contributed by atoms with E-state index in [1.54, 1.807) is 11.3 Å². The number of rotatable bonds is 3. The molecule has 1 unspecified atom stereocenters. The minimum atomic E-state index is -0.0671. The van der Waals surface area contributed by atoms with Crippen molar-refractivity contribution in [3.63, 3.8) is 0 Å². The van der Waals surface area contributed by atoms with Gasteiger partial charge in [-0.15, -0.1) is 11.3 Å². The van der Waals surface area contributed by atoms with Crippen LogP contribution in [0.3, 0.4) is 0 Å². The van der Waals surface area contributed by atoms with Gasteiger partial charge in [-0.05, 0) is 38.8 Å². The third kappa shape index (κ3) is 2.93. The molecule has 0 radical (unpaired) electrons. The maximum absolute atomic E-state index is 13.1. The number of nitrogens with one attached hydrogen (secondary N) is 1. The summed E-state index contributed by atoms with van der Waals surface area (Å²) in [5.41, 5.74) is 4.29. The van der Waals surface area contributed by atoms with E-state index in [0.717, 1.165) is 28.2 Å². The van der Waals surface area contributed by atoms with Crippen molar-refractivity contribution >= 4 is 17.2 Å². The first kappa shape index (κ1) is 16.2. The largest absolute Gasteiger partial charge is 0.377 e. The van der Waals surface area contributed by atoms with Gasteiger partial charge in [0.25, 0.3) is 5.91 Å². The summed E-state index contributed by atoms with van der Waals surface area (Å²) in [6, 6.07) is 1.98. The molecule has 23 heavy (non-hydrogen) atoms. The van der Waals surface area contributed by atoms with Gasteiger partial charge < -0.3 is 9.64 Å². The third-order valence-electron chi connectivity index (χ3n) is 4.52. The number of carbonyl (C=O) groups is 1.